The van der Waals surface area contributed by atoms with Gasteiger partial charge in [-0.1, -0.05) is 19.1 Å². The highest BCUT2D eigenvalue weighted by Gasteiger charge is 2.29. The van der Waals surface area contributed by atoms with Crippen LogP contribution in [0.5, 0.6) is 0 Å². The van der Waals surface area contributed by atoms with Crippen molar-refractivity contribution in [1.82, 2.24) is 5.32 Å². The number of hydrogen-bond donors (Lipinski definition) is 3. The Morgan fingerprint density at radius 2 is 1.81 bits per heavy atom. The predicted molar refractivity (Wildman–Crippen MR) is 83.5 cm³/mol. The highest BCUT2D eigenvalue weighted by atomic mass is 16.4. The fourth-order valence-corrected chi connectivity index (χ4v) is 2.00. The molecule has 0 aliphatic rings. The zero-order valence-electron chi connectivity index (χ0n) is 13.1. The van der Waals surface area contributed by atoms with Gasteiger partial charge in [0.1, 0.15) is 0 Å². The second-order valence-electron chi connectivity index (χ2n) is 5.72. The van der Waals surface area contributed by atoms with Crippen molar-refractivity contribution < 1.29 is 14.7 Å². The maximum absolute atomic E-state index is 11.8. The van der Waals surface area contributed by atoms with E-state index in [0.29, 0.717) is 17.7 Å². The number of amides is 1. The monoisotopic (exact) mass is 292 g/mol. The summed E-state index contributed by atoms with van der Waals surface area (Å²) in [5.74, 6) is -0.938. The van der Waals surface area contributed by atoms with Gasteiger partial charge in [0.05, 0.1) is 5.41 Å². The average Bonchev–Trinajstić information content (AvgIpc) is 2.39. The van der Waals surface area contributed by atoms with Gasteiger partial charge >= 0.3 is 5.97 Å². The molecule has 0 aromatic heterocycles. The van der Waals surface area contributed by atoms with E-state index in [4.69, 9.17) is 0 Å². The number of benzene rings is 1. The molecule has 0 heterocycles. The van der Waals surface area contributed by atoms with E-state index in [1.165, 1.54) is 0 Å². The number of rotatable bonds is 7. The average molecular weight is 292 g/mol. The van der Waals surface area contributed by atoms with Crippen molar-refractivity contribution >= 4 is 17.6 Å². The van der Waals surface area contributed by atoms with Gasteiger partial charge in [-0.3, -0.25) is 9.59 Å². The Labute approximate surface area is 125 Å². The number of anilines is 1. The van der Waals surface area contributed by atoms with Gasteiger partial charge in [-0.05, 0) is 45.0 Å². The Morgan fingerprint density at radius 1 is 1.24 bits per heavy atom. The predicted octanol–water partition coefficient (Wildman–Crippen LogP) is 2.38. The van der Waals surface area contributed by atoms with E-state index in [1.54, 1.807) is 38.1 Å². The van der Waals surface area contributed by atoms with Gasteiger partial charge in [-0.25, -0.2) is 0 Å². The summed E-state index contributed by atoms with van der Waals surface area (Å²) in [4.78, 5) is 23.0. The van der Waals surface area contributed by atoms with Crippen molar-refractivity contribution in [2.24, 2.45) is 0 Å². The highest BCUT2D eigenvalue weighted by Crippen LogP contribution is 2.24. The molecule has 5 nitrogen and oxygen atoms in total. The summed E-state index contributed by atoms with van der Waals surface area (Å²) in [5, 5.41) is 15.2. The molecule has 0 fully saturated rings. The number of carboxylic acids is 1. The third kappa shape index (κ3) is 4.86. The molecule has 0 aliphatic heterocycles. The molecule has 1 aromatic carbocycles. The van der Waals surface area contributed by atoms with Gasteiger partial charge in [0.2, 0.25) is 5.91 Å². The quantitative estimate of drug-likeness (QED) is 0.721. The van der Waals surface area contributed by atoms with Crippen LogP contribution in [0.1, 0.15) is 39.7 Å². The number of nitrogens with one attached hydrogen (secondary N) is 2. The number of carboxylic acid groups (broad SMARTS) is 1. The van der Waals surface area contributed by atoms with Crippen LogP contribution in [0.3, 0.4) is 0 Å². The largest absolute Gasteiger partial charge is 0.481 e. The Kier molecular flexibility index (Phi) is 5.90. The van der Waals surface area contributed by atoms with Crippen LogP contribution in [0.4, 0.5) is 5.69 Å². The molecule has 1 unspecified atom stereocenters. The Morgan fingerprint density at radius 3 is 2.29 bits per heavy atom. The highest BCUT2D eigenvalue weighted by molar-refractivity contribution is 5.91. The minimum absolute atomic E-state index is 0.0614. The van der Waals surface area contributed by atoms with Crippen LogP contribution in [-0.2, 0) is 15.0 Å². The first-order valence-electron chi connectivity index (χ1n) is 7.14. The minimum Gasteiger partial charge on any atom is -0.481 e. The second-order valence-corrected chi connectivity index (χ2v) is 5.72. The van der Waals surface area contributed by atoms with Gasteiger partial charge < -0.3 is 15.7 Å². The van der Waals surface area contributed by atoms with Crippen molar-refractivity contribution in [3.8, 4) is 0 Å². The molecule has 0 bridgehead atoms. The Bertz CT molecular complexity index is 495. The zero-order valence-corrected chi connectivity index (χ0v) is 13.1. The maximum Gasteiger partial charge on any atom is 0.313 e. The van der Waals surface area contributed by atoms with E-state index >= 15 is 0 Å². The van der Waals surface area contributed by atoms with Gasteiger partial charge in [-0.2, -0.15) is 0 Å². The van der Waals surface area contributed by atoms with Crippen molar-refractivity contribution in [2.75, 3.05) is 11.9 Å². The third-order valence-electron chi connectivity index (χ3n) is 3.47. The smallest absolute Gasteiger partial charge is 0.313 e. The molecular formula is C16H24N2O3. The van der Waals surface area contributed by atoms with Crippen LogP contribution >= 0.6 is 0 Å². The molecule has 1 amide bonds. The summed E-state index contributed by atoms with van der Waals surface area (Å²) in [6.07, 6.45) is 0.399. The molecule has 1 rings (SSSR count). The summed E-state index contributed by atoms with van der Waals surface area (Å²) in [7, 11) is 0. The molecule has 0 aliphatic carbocycles. The van der Waals surface area contributed by atoms with Crippen molar-refractivity contribution in [3.05, 3.63) is 29.8 Å². The lowest BCUT2D eigenvalue weighted by molar-refractivity contribution is -0.142. The number of carbonyl (C=O) groups excluding carboxylic acids is 1. The van der Waals surface area contributed by atoms with Crippen LogP contribution in [0.25, 0.3) is 0 Å². The van der Waals surface area contributed by atoms with Crippen molar-refractivity contribution in [1.29, 1.82) is 0 Å². The third-order valence-corrected chi connectivity index (χ3v) is 3.47. The molecule has 116 valence electrons. The van der Waals surface area contributed by atoms with Crippen LogP contribution < -0.4 is 10.6 Å². The van der Waals surface area contributed by atoms with E-state index in [-0.39, 0.29) is 11.9 Å². The first-order valence-corrected chi connectivity index (χ1v) is 7.14. The van der Waals surface area contributed by atoms with Gasteiger partial charge in [-0.15, -0.1) is 0 Å². The molecule has 21 heavy (non-hydrogen) atoms. The molecule has 0 saturated heterocycles. The Hall–Kier alpha value is -1.88. The fraction of sp³-hybridized carbons (Fsp3) is 0.500. The molecule has 0 spiro atoms. The first kappa shape index (κ1) is 17.2. The Balaban J connectivity index is 2.67. The summed E-state index contributed by atoms with van der Waals surface area (Å²) >= 11 is 0. The summed E-state index contributed by atoms with van der Waals surface area (Å²) in [6.45, 7) is 8.09. The van der Waals surface area contributed by atoms with E-state index in [9.17, 15) is 14.7 Å². The molecule has 0 radical (unpaired) electrons. The number of hydrogen-bond acceptors (Lipinski definition) is 3. The standard InChI is InChI=1S/C16H24N2O3/c1-5-17-11(2)10-14(19)18-13-8-6-12(7-9-13)16(3,4)15(20)21/h6-9,11,17H,5,10H2,1-4H3,(H,18,19)(H,20,21). The fourth-order valence-electron chi connectivity index (χ4n) is 2.00. The van der Waals surface area contributed by atoms with E-state index < -0.39 is 11.4 Å². The minimum atomic E-state index is -0.942. The first-order chi connectivity index (χ1) is 9.77. The lowest BCUT2D eigenvalue weighted by Crippen LogP contribution is -2.30. The van der Waals surface area contributed by atoms with Gasteiger partial charge in [0.25, 0.3) is 0 Å². The lowest BCUT2D eigenvalue weighted by Gasteiger charge is -2.20. The summed E-state index contributed by atoms with van der Waals surface area (Å²) in [6, 6.07) is 7.06. The molecule has 0 saturated carbocycles. The molecule has 1 aromatic rings. The van der Waals surface area contributed by atoms with Crippen LogP contribution in [0.15, 0.2) is 24.3 Å². The normalized spacial score (nSPS) is 12.8. The number of carbonyl (C=O) groups is 2. The summed E-state index contributed by atoms with van der Waals surface area (Å²) in [5.41, 5.74) is 0.435. The van der Waals surface area contributed by atoms with E-state index in [0.717, 1.165) is 6.54 Å². The molecule has 1 atom stereocenters. The van der Waals surface area contributed by atoms with Crippen LogP contribution in [-0.4, -0.2) is 29.6 Å². The van der Waals surface area contributed by atoms with Crippen LogP contribution in [0.2, 0.25) is 0 Å². The van der Waals surface area contributed by atoms with E-state index in [2.05, 4.69) is 10.6 Å². The van der Waals surface area contributed by atoms with Crippen LogP contribution in [0, 0.1) is 0 Å². The SMILES string of the molecule is CCNC(C)CC(=O)Nc1ccc(C(C)(C)C(=O)O)cc1. The second kappa shape index (κ2) is 7.22. The van der Waals surface area contributed by atoms with Crippen molar-refractivity contribution in [3.63, 3.8) is 0 Å². The maximum atomic E-state index is 11.8. The zero-order chi connectivity index (χ0) is 16.0. The molecule has 3 N–H and O–H groups in total. The molecule has 5 heteroatoms. The van der Waals surface area contributed by atoms with Gasteiger partial charge in [0, 0.05) is 18.2 Å². The number of aliphatic carboxylic acids is 1. The lowest BCUT2D eigenvalue weighted by atomic mass is 9.85. The topological polar surface area (TPSA) is 78.4 Å². The van der Waals surface area contributed by atoms with Crippen molar-refractivity contribution in [2.45, 2.75) is 45.6 Å². The molecular weight excluding hydrogens is 268 g/mol. The van der Waals surface area contributed by atoms with E-state index in [1.807, 2.05) is 13.8 Å². The van der Waals surface area contributed by atoms with Gasteiger partial charge in [0.15, 0.2) is 0 Å². The summed E-state index contributed by atoms with van der Waals surface area (Å²) < 4.78 is 0.